The Bertz CT molecular complexity index is 1480. The second-order valence-electron chi connectivity index (χ2n) is 9.85. The zero-order valence-corrected chi connectivity index (χ0v) is 24.7. The van der Waals surface area contributed by atoms with Gasteiger partial charge in [0.25, 0.3) is 5.91 Å². The lowest BCUT2D eigenvalue weighted by atomic mass is 10.1. The molecule has 0 radical (unpaired) electrons. The maximum Gasteiger partial charge on any atom is 0.414 e. The predicted molar refractivity (Wildman–Crippen MR) is 163 cm³/mol. The monoisotopic (exact) mass is 629 g/mol. The molecule has 0 saturated carbocycles. The summed E-state index contributed by atoms with van der Waals surface area (Å²) in [5.74, 6) is -2.00. The number of amides is 3. The van der Waals surface area contributed by atoms with Crippen LogP contribution in [0.4, 0.5) is 31.0 Å². The van der Waals surface area contributed by atoms with Gasteiger partial charge in [-0.25, -0.2) is 14.0 Å². The Morgan fingerprint density at radius 3 is 2.44 bits per heavy atom. The summed E-state index contributed by atoms with van der Waals surface area (Å²) in [5, 5.41) is 11.5. The molecule has 3 amide bonds. The Labute approximate surface area is 256 Å². The molecule has 43 heavy (non-hydrogen) atoms. The number of carbonyl (C=O) groups excluding carboxylic acids is 3. The van der Waals surface area contributed by atoms with E-state index in [1.807, 2.05) is 29.2 Å². The average Bonchev–Trinajstić information content (AvgIpc) is 3.49. The third-order valence-corrected chi connectivity index (χ3v) is 8.50. The van der Waals surface area contributed by atoms with Crippen LogP contribution in [0, 0.1) is 5.82 Å². The summed E-state index contributed by atoms with van der Waals surface area (Å²) in [4.78, 5) is 54.0. The quantitative estimate of drug-likeness (QED) is 0.330. The van der Waals surface area contributed by atoms with Crippen LogP contribution in [0.2, 0.25) is 0 Å². The number of carboxylic acid groups (broad SMARTS) is 1. The number of carboxylic acids is 1. The molecule has 0 bridgehead atoms. The number of cyclic esters (lactones) is 1. The van der Waals surface area contributed by atoms with Crippen LogP contribution >= 0.6 is 24.0 Å². The van der Waals surface area contributed by atoms with Gasteiger partial charge in [-0.2, -0.15) is 0 Å². The Balaban J connectivity index is 1.16. The topological polar surface area (TPSA) is 132 Å². The van der Waals surface area contributed by atoms with E-state index in [1.54, 1.807) is 18.2 Å². The third-order valence-electron chi connectivity index (χ3n) is 7.12. The zero-order chi connectivity index (χ0) is 30.7. The molecule has 5 rings (SSSR count). The molecule has 3 saturated heterocycles. The van der Waals surface area contributed by atoms with E-state index in [1.165, 1.54) is 18.1 Å². The number of thioether (sulfide) groups is 1. The first-order chi connectivity index (χ1) is 20.6. The fraction of sp³-hybridized carbons (Fsp3) is 0.321. The molecule has 2 N–H and O–H groups in total. The Morgan fingerprint density at radius 1 is 1.12 bits per heavy atom. The second-order valence-corrected chi connectivity index (χ2v) is 11.5. The van der Waals surface area contributed by atoms with E-state index in [0.717, 1.165) is 27.9 Å². The number of hydrogen-bond acceptors (Lipinski definition) is 10. The van der Waals surface area contributed by atoms with Crippen molar-refractivity contribution in [2.45, 2.75) is 6.10 Å². The molecule has 0 aliphatic carbocycles. The molecule has 0 aromatic heterocycles. The van der Waals surface area contributed by atoms with E-state index in [0.29, 0.717) is 42.5 Å². The number of halogens is 1. The van der Waals surface area contributed by atoms with E-state index in [-0.39, 0.29) is 17.4 Å². The number of aliphatic carboxylic acids is 1. The number of nitrogens with zero attached hydrogens (tertiary/aromatic N) is 4. The van der Waals surface area contributed by atoms with Crippen LogP contribution < -0.4 is 20.0 Å². The average molecular weight is 630 g/mol. The highest BCUT2D eigenvalue weighted by Gasteiger charge is 2.34. The SMILES string of the molecule is COC(=O)NC[C@H]1CN(c2ccc(N3CCN(c4ccc(C=C5SC(=S)N(CC(=O)O)C5=O)cc4)CC3)c(F)c2)C(=O)O1. The molecule has 0 spiro atoms. The van der Waals surface area contributed by atoms with Gasteiger partial charge in [0.15, 0.2) is 0 Å². The zero-order valence-electron chi connectivity index (χ0n) is 23.0. The molecule has 2 aromatic carbocycles. The summed E-state index contributed by atoms with van der Waals surface area (Å²) in [5.41, 5.74) is 2.58. The lowest BCUT2D eigenvalue weighted by molar-refractivity contribution is -0.140. The van der Waals surface area contributed by atoms with Gasteiger partial charge in [-0.3, -0.25) is 19.4 Å². The normalized spacial score (nSPS) is 19.7. The number of thiocarbonyl (C=S) groups is 1. The Hall–Kier alpha value is -4.37. The third kappa shape index (κ3) is 6.83. The van der Waals surface area contributed by atoms with Crippen molar-refractivity contribution in [3.63, 3.8) is 0 Å². The fourth-order valence-corrected chi connectivity index (χ4v) is 6.19. The number of anilines is 3. The van der Waals surface area contributed by atoms with Gasteiger partial charge in [-0.05, 0) is 42.0 Å². The van der Waals surface area contributed by atoms with Crippen LogP contribution in [0.25, 0.3) is 6.08 Å². The van der Waals surface area contributed by atoms with Gasteiger partial charge >= 0.3 is 18.2 Å². The number of nitrogens with one attached hydrogen (secondary N) is 1. The minimum atomic E-state index is -1.13. The van der Waals surface area contributed by atoms with Gasteiger partial charge in [0.2, 0.25) is 0 Å². The summed E-state index contributed by atoms with van der Waals surface area (Å²) < 4.78 is 25.2. The van der Waals surface area contributed by atoms with E-state index >= 15 is 4.39 Å². The van der Waals surface area contributed by atoms with Crippen LogP contribution in [-0.2, 0) is 19.1 Å². The molecule has 15 heteroatoms. The maximum atomic E-state index is 15.2. The largest absolute Gasteiger partial charge is 0.480 e. The van der Waals surface area contributed by atoms with Crippen molar-refractivity contribution in [2.75, 3.05) is 67.6 Å². The van der Waals surface area contributed by atoms with Gasteiger partial charge in [-0.1, -0.05) is 36.1 Å². The Morgan fingerprint density at radius 2 is 1.79 bits per heavy atom. The number of rotatable bonds is 8. The van der Waals surface area contributed by atoms with Crippen molar-refractivity contribution in [3.05, 3.63) is 58.8 Å². The maximum absolute atomic E-state index is 15.2. The summed E-state index contributed by atoms with van der Waals surface area (Å²) in [7, 11) is 1.24. The number of benzene rings is 2. The standard InChI is InChI=1S/C28H28FN5O7S2/c1-40-26(38)30-14-20-15-33(27(39)41-20)19-6-7-22(21(29)13-19)32-10-8-31(9-11-32)18-4-2-17(3-5-18)12-23-25(37)34(16-24(35)36)28(42)43-23/h2-7,12-13,20H,8-11,14-16H2,1H3,(H,30,38)(H,35,36)/t20-/m0/s1. The van der Waals surface area contributed by atoms with Crippen molar-refractivity contribution in [1.29, 1.82) is 0 Å². The minimum absolute atomic E-state index is 0.0843. The van der Waals surface area contributed by atoms with E-state index < -0.39 is 42.5 Å². The number of methoxy groups -OCH3 is 1. The van der Waals surface area contributed by atoms with E-state index in [9.17, 15) is 19.2 Å². The first-order valence-electron chi connectivity index (χ1n) is 13.3. The van der Waals surface area contributed by atoms with Crippen molar-refractivity contribution >= 4 is 75.5 Å². The molecule has 3 aliphatic rings. The van der Waals surface area contributed by atoms with Crippen LogP contribution in [0.1, 0.15) is 5.56 Å². The van der Waals surface area contributed by atoms with Gasteiger partial charge in [0.05, 0.1) is 36.5 Å². The summed E-state index contributed by atoms with van der Waals surface area (Å²) in [6, 6.07) is 12.3. The summed E-state index contributed by atoms with van der Waals surface area (Å²) in [6.45, 7) is 2.26. The molecule has 3 heterocycles. The van der Waals surface area contributed by atoms with Crippen LogP contribution in [0.5, 0.6) is 0 Å². The highest BCUT2D eigenvalue weighted by Crippen LogP contribution is 2.33. The lowest BCUT2D eigenvalue weighted by Crippen LogP contribution is -2.46. The van der Waals surface area contributed by atoms with Crippen LogP contribution in [-0.4, -0.2) is 97.4 Å². The van der Waals surface area contributed by atoms with Crippen LogP contribution in [0.3, 0.4) is 0 Å². The highest BCUT2D eigenvalue weighted by molar-refractivity contribution is 8.26. The number of alkyl carbamates (subject to hydrolysis) is 1. The molecule has 3 fully saturated rings. The van der Waals surface area contributed by atoms with Crippen molar-refractivity contribution in [3.8, 4) is 0 Å². The molecule has 3 aliphatic heterocycles. The summed E-state index contributed by atoms with van der Waals surface area (Å²) in [6.07, 6.45) is -0.133. The van der Waals surface area contributed by atoms with Gasteiger partial charge < -0.3 is 29.7 Å². The first kappa shape index (κ1) is 30.1. The number of piperazine rings is 1. The van der Waals surface area contributed by atoms with E-state index in [4.69, 9.17) is 22.1 Å². The number of hydrogen-bond donors (Lipinski definition) is 2. The van der Waals surface area contributed by atoms with Crippen molar-refractivity contribution in [1.82, 2.24) is 10.2 Å². The number of carbonyl (C=O) groups is 4. The Kier molecular flexibility index (Phi) is 9.01. The van der Waals surface area contributed by atoms with Gasteiger partial charge in [-0.15, -0.1) is 0 Å². The molecule has 1 atom stereocenters. The smallest absolute Gasteiger partial charge is 0.414 e. The molecular weight excluding hydrogens is 601 g/mol. The van der Waals surface area contributed by atoms with Gasteiger partial charge in [0, 0.05) is 31.9 Å². The summed E-state index contributed by atoms with van der Waals surface area (Å²) >= 11 is 6.22. The first-order valence-corrected chi connectivity index (χ1v) is 14.5. The van der Waals surface area contributed by atoms with Crippen LogP contribution in [0.15, 0.2) is 47.4 Å². The van der Waals surface area contributed by atoms with E-state index in [2.05, 4.69) is 15.0 Å². The second kappa shape index (κ2) is 12.9. The molecule has 2 aromatic rings. The fourth-order valence-electron chi connectivity index (χ4n) is 4.94. The molecule has 12 nitrogen and oxygen atoms in total. The number of ether oxygens (including phenoxy) is 2. The highest BCUT2D eigenvalue weighted by atomic mass is 32.2. The van der Waals surface area contributed by atoms with Crippen molar-refractivity contribution < 1.29 is 38.1 Å². The molecule has 226 valence electrons. The van der Waals surface area contributed by atoms with Crippen molar-refractivity contribution in [2.24, 2.45) is 0 Å². The molecule has 0 unspecified atom stereocenters. The molecular formula is C28H28FN5O7S2. The van der Waals surface area contributed by atoms with Gasteiger partial charge in [0.1, 0.15) is 22.8 Å². The lowest BCUT2D eigenvalue weighted by Gasteiger charge is -2.37. The predicted octanol–water partition coefficient (Wildman–Crippen LogP) is 3.12. The minimum Gasteiger partial charge on any atom is -0.480 e.